The average Bonchev–Trinajstić information content (AvgIpc) is 2.66. The Morgan fingerprint density at radius 3 is 2.07 bits per heavy atom. The van der Waals surface area contributed by atoms with Crippen molar-refractivity contribution in [3.63, 3.8) is 0 Å². The van der Waals surface area contributed by atoms with E-state index in [1.165, 1.54) is 12.8 Å². The van der Waals surface area contributed by atoms with E-state index in [-0.39, 0.29) is 0 Å². The molecular formula is C9H14N2O4. The van der Waals surface area contributed by atoms with Gasteiger partial charge in [0.15, 0.2) is 11.4 Å². The Morgan fingerprint density at radius 1 is 1.27 bits per heavy atom. The Labute approximate surface area is 87.0 Å². The van der Waals surface area contributed by atoms with Crippen molar-refractivity contribution >= 4 is 11.9 Å². The van der Waals surface area contributed by atoms with Gasteiger partial charge in [-0.05, 0) is 0 Å². The maximum Gasteiger partial charge on any atom is 0.357 e. The molecule has 1 aromatic heterocycles. The van der Waals surface area contributed by atoms with Crippen LogP contribution in [0.5, 0.6) is 0 Å². The molecule has 0 fully saturated rings. The second kappa shape index (κ2) is 6.58. The summed E-state index contributed by atoms with van der Waals surface area (Å²) in [6.07, 6.45) is 3.66. The highest BCUT2D eigenvalue weighted by molar-refractivity contribution is 5.98. The number of imidazole rings is 1. The molecule has 1 heterocycles. The molecule has 1 rings (SSSR count). The SMILES string of the molecule is CCCC.O=C(O)c1nc[nH]c1C(=O)O. The fourth-order valence-electron chi connectivity index (χ4n) is 0.619. The number of aromatic amines is 1. The molecule has 0 aliphatic heterocycles. The molecule has 0 atom stereocenters. The fourth-order valence-corrected chi connectivity index (χ4v) is 0.619. The van der Waals surface area contributed by atoms with Gasteiger partial charge in [-0.1, -0.05) is 26.7 Å². The number of H-pyrrole nitrogens is 1. The molecular weight excluding hydrogens is 200 g/mol. The van der Waals surface area contributed by atoms with Gasteiger partial charge in [0, 0.05) is 0 Å². The number of carboxylic acid groups (broad SMARTS) is 2. The van der Waals surface area contributed by atoms with Crippen LogP contribution in [-0.2, 0) is 0 Å². The van der Waals surface area contributed by atoms with Crippen molar-refractivity contribution in [1.82, 2.24) is 9.97 Å². The molecule has 0 aliphatic rings. The van der Waals surface area contributed by atoms with E-state index in [1.807, 2.05) is 0 Å². The van der Waals surface area contributed by atoms with Gasteiger partial charge in [-0.2, -0.15) is 0 Å². The lowest BCUT2D eigenvalue weighted by Crippen LogP contribution is -2.07. The van der Waals surface area contributed by atoms with Gasteiger partial charge in [0.05, 0.1) is 6.33 Å². The first-order valence-corrected chi connectivity index (χ1v) is 4.54. The molecule has 0 spiro atoms. The fraction of sp³-hybridized carbons (Fsp3) is 0.444. The van der Waals surface area contributed by atoms with Crippen LogP contribution in [0.3, 0.4) is 0 Å². The van der Waals surface area contributed by atoms with Gasteiger partial charge in [-0.25, -0.2) is 14.6 Å². The van der Waals surface area contributed by atoms with Crippen molar-refractivity contribution in [3.05, 3.63) is 17.7 Å². The summed E-state index contributed by atoms with van der Waals surface area (Å²) in [6.45, 7) is 4.36. The minimum Gasteiger partial charge on any atom is -0.477 e. The normalized spacial score (nSPS) is 8.93. The van der Waals surface area contributed by atoms with E-state index in [0.29, 0.717) is 0 Å². The molecule has 0 aromatic carbocycles. The third-order valence-electron chi connectivity index (χ3n) is 1.56. The van der Waals surface area contributed by atoms with E-state index in [2.05, 4.69) is 23.8 Å². The van der Waals surface area contributed by atoms with Crippen molar-refractivity contribution < 1.29 is 19.8 Å². The zero-order valence-corrected chi connectivity index (χ0v) is 8.65. The predicted octanol–water partition coefficient (Wildman–Crippen LogP) is 1.61. The molecule has 1 aromatic rings. The highest BCUT2D eigenvalue weighted by Crippen LogP contribution is 2.01. The van der Waals surface area contributed by atoms with Crippen molar-refractivity contribution in [2.45, 2.75) is 26.7 Å². The van der Waals surface area contributed by atoms with Gasteiger partial charge in [0.2, 0.25) is 0 Å². The lowest BCUT2D eigenvalue weighted by atomic mass is 10.3. The Balaban J connectivity index is 0.000000423. The molecule has 0 amide bonds. The first-order chi connectivity index (χ1) is 7.04. The number of unbranched alkanes of at least 4 members (excludes halogenated alkanes) is 1. The van der Waals surface area contributed by atoms with Crippen LogP contribution in [0.2, 0.25) is 0 Å². The van der Waals surface area contributed by atoms with Crippen LogP contribution in [0.1, 0.15) is 47.7 Å². The van der Waals surface area contributed by atoms with E-state index in [0.717, 1.165) is 6.33 Å². The Hall–Kier alpha value is -1.85. The number of aromatic carboxylic acids is 2. The van der Waals surface area contributed by atoms with E-state index < -0.39 is 23.3 Å². The zero-order valence-electron chi connectivity index (χ0n) is 8.65. The number of rotatable bonds is 3. The maximum absolute atomic E-state index is 10.3. The van der Waals surface area contributed by atoms with Gasteiger partial charge in [-0.15, -0.1) is 0 Å². The highest BCUT2D eigenvalue weighted by atomic mass is 16.4. The standard InChI is InChI=1S/C5H4N2O4.C4H10/c8-4(9)2-3(5(10)11)7-1-6-2;1-3-4-2/h1H,(H,6,7)(H,8,9)(H,10,11);3-4H2,1-2H3. The van der Waals surface area contributed by atoms with Crippen LogP contribution < -0.4 is 0 Å². The molecule has 0 bridgehead atoms. The molecule has 0 unspecified atom stereocenters. The number of aromatic nitrogens is 2. The van der Waals surface area contributed by atoms with Crippen LogP contribution in [0, 0.1) is 0 Å². The summed E-state index contributed by atoms with van der Waals surface area (Å²) in [4.78, 5) is 26.0. The summed E-state index contributed by atoms with van der Waals surface area (Å²) in [5.41, 5.74) is -0.880. The van der Waals surface area contributed by atoms with E-state index in [1.54, 1.807) is 0 Å². The van der Waals surface area contributed by atoms with Crippen LogP contribution in [0.4, 0.5) is 0 Å². The Morgan fingerprint density at radius 2 is 1.80 bits per heavy atom. The summed E-state index contributed by atoms with van der Waals surface area (Å²) in [6, 6.07) is 0. The number of hydrogen-bond acceptors (Lipinski definition) is 3. The van der Waals surface area contributed by atoms with Crippen LogP contribution in [0.25, 0.3) is 0 Å². The molecule has 6 heteroatoms. The summed E-state index contributed by atoms with van der Waals surface area (Å²) in [7, 11) is 0. The van der Waals surface area contributed by atoms with Gasteiger partial charge >= 0.3 is 11.9 Å². The molecule has 0 saturated heterocycles. The topological polar surface area (TPSA) is 103 Å². The van der Waals surface area contributed by atoms with Crippen LogP contribution >= 0.6 is 0 Å². The minimum absolute atomic E-state index is 0.405. The Kier molecular flexibility index (Phi) is 5.77. The van der Waals surface area contributed by atoms with Gasteiger partial charge in [0.25, 0.3) is 0 Å². The third kappa shape index (κ3) is 4.26. The van der Waals surface area contributed by atoms with E-state index in [9.17, 15) is 9.59 Å². The summed E-state index contributed by atoms with van der Waals surface area (Å²) >= 11 is 0. The number of hydrogen-bond donors (Lipinski definition) is 3. The quantitative estimate of drug-likeness (QED) is 0.709. The number of carboxylic acids is 2. The zero-order chi connectivity index (χ0) is 11.8. The Bertz CT molecular complexity index is 302. The smallest absolute Gasteiger partial charge is 0.357 e. The average molecular weight is 214 g/mol. The molecule has 0 radical (unpaired) electrons. The molecule has 15 heavy (non-hydrogen) atoms. The first-order valence-electron chi connectivity index (χ1n) is 4.54. The lowest BCUT2D eigenvalue weighted by molar-refractivity contribution is 0.0644. The van der Waals surface area contributed by atoms with Gasteiger partial charge < -0.3 is 15.2 Å². The molecule has 6 nitrogen and oxygen atoms in total. The van der Waals surface area contributed by atoms with Gasteiger partial charge in [-0.3, -0.25) is 0 Å². The summed E-state index contributed by atoms with van der Waals surface area (Å²) in [5.74, 6) is -2.69. The second-order valence-electron chi connectivity index (χ2n) is 2.74. The highest BCUT2D eigenvalue weighted by Gasteiger charge is 2.17. The third-order valence-corrected chi connectivity index (χ3v) is 1.56. The molecule has 0 aliphatic carbocycles. The number of nitrogens with zero attached hydrogens (tertiary/aromatic N) is 1. The van der Waals surface area contributed by atoms with Crippen molar-refractivity contribution in [1.29, 1.82) is 0 Å². The number of carbonyl (C=O) groups is 2. The molecule has 84 valence electrons. The summed E-state index contributed by atoms with van der Waals surface area (Å²) < 4.78 is 0. The second-order valence-corrected chi connectivity index (χ2v) is 2.74. The lowest BCUT2D eigenvalue weighted by Gasteiger charge is -1.88. The predicted molar refractivity (Wildman–Crippen MR) is 53.1 cm³/mol. The molecule has 0 saturated carbocycles. The van der Waals surface area contributed by atoms with Crippen molar-refractivity contribution in [2.24, 2.45) is 0 Å². The maximum atomic E-state index is 10.3. The van der Waals surface area contributed by atoms with Crippen molar-refractivity contribution in [3.8, 4) is 0 Å². The van der Waals surface area contributed by atoms with Crippen LogP contribution in [-0.4, -0.2) is 32.1 Å². The first kappa shape index (κ1) is 13.2. The summed E-state index contributed by atoms with van der Waals surface area (Å²) in [5, 5.41) is 16.7. The van der Waals surface area contributed by atoms with Gasteiger partial charge in [0.1, 0.15) is 0 Å². The van der Waals surface area contributed by atoms with Crippen LogP contribution in [0.15, 0.2) is 6.33 Å². The molecule has 3 N–H and O–H groups in total. The van der Waals surface area contributed by atoms with Crippen molar-refractivity contribution in [2.75, 3.05) is 0 Å². The number of nitrogens with one attached hydrogen (secondary N) is 1. The van der Waals surface area contributed by atoms with E-state index >= 15 is 0 Å². The monoisotopic (exact) mass is 214 g/mol. The van der Waals surface area contributed by atoms with E-state index in [4.69, 9.17) is 10.2 Å². The minimum atomic E-state index is -1.36. The largest absolute Gasteiger partial charge is 0.477 e.